The lowest BCUT2D eigenvalue weighted by Gasteiger charge is -2.26. The van der Waals surface area contributed by atoms with Crippen LogP contribution in [0.1, 0.15) is 18.1 Å². The molecular formula is C13H13ClN2. The molecule has 0 amide bonds. The molecule has 0 radical (unpaired) electrons. The van der Waals surface area contributed by atoms with Gasteiger partial charge in [-0.1, -0.05) is 35.9 Å². The first-order valence-electron chi connectivity index (χ1n) is 5.07. The normalized spacial score (nSPS) is 14.4. The van der Waals surface area contributed by atoms with Gasteiger partial charge < -0.3 is 5.73 Å². The standard InChI is InChI=1S/C13H13ClN2/c1-13(15,10-5-4-8-16-9-10)11-6-2-3-7-12(11)14/h2-9H,15H2,1H3. The Morgan fingerprint density at radius 2 is 1.94 bits per heavy atom. The van der Waals surface area contributed by atoms with Crippen LogP contribution in [0.4, 0.5) is 0 Å². The average molecular weight is 233 g/mol. The van der Waals surface area contributed by atoms with Crippen LogP contribution in [-0.4, -0.2) is 4.98 Å². The van der Waals surface area contributed by atoms with Gasteiger partial charge in [0.05, 0.1) is 5.54 Å². The van der Waals surface area contributed by atoms with Crippen molar-refractivity contribution in [3.8, 4) is 0 Å². The number of aromatic nitrogens is 1. The molecule has 0 aliphatic carbocycles. The first-order valence-corrected chi connectivity index (χ1v) is 5.44. The molecule has 0 aliphatic heterocycles. The minimum atomic E-state index is -0.618. The summed E-state index contributed by atoms with van der Waals surface area (Å²) >= 11 is 6.16. The molecule has 0 saturated carbocycles. The van der Waals surface area contributed by atoms with Crippen molar-refractivity contribution >= 4 is 11.6 Å². The van der Waals surface area contributed by atoms with E-state index in [1.165, 1.54) is 0 Å². The third-order valence-electron chi connectivity index (χ3n) is 2.69. The van der Waals surface area contributed by atoms with Gasteiger partial charge in [0.25, 0.3) is 0 Å². The summed E-state index contributed by atoms with van der Waals surface area (Å²) in [6.45, 7) is 1.94. The van der Waals surface area contributed by atoms with Crippen molar-refractivity contribution < 1.29 is 0 Å². The van der Waals surface area contributed by atoms with Crippen LogP contribution in [0.15, 0.2) is 48.8 Å². The lowest BCUT2D eigenvalue weighted by atomic mass is 9.87. The molecule has 2 aromatic rings. The first kappa shape index (κ1) is 11.1. The van der Waals surface area contributed by atoms with Crippen molar-refractivity contribution in [2.75, 3.05) is 0 Å². The Morgan fingerprint density at radius 3 is 2.56 bits per heavy atom. The lowest BCUT2D eigenvalue weighted by Crippen LogP contribution is -2.34. The number of benzene rings is 1. The zero-order valence-corrected chi connectivity index (χ0v) is 9.78. The molecular weight excluding hydrogens is 220 g/mol. The number of hydrogen-bond acceptors (Lipinski definition) is 2. The summed E-state index contributed by atoms with van der Waals surface area (Å²) in [7, 11) is 0. The predicted molar refractivity (Wildman–Crippen MR) is 66.3 cm³/mol. The van der Waals surface area contributed by atoms with Crippen LogP contribution < -0.4 is 5.73 Å². The van der Waals surface area contributed by atoms with E-state index < -0.39 is 5.54 Å². The molecule has 1 unspecified atom stereocenters. The molecule has 3 heteroatoms. The Hall–Kier alpha value is -1.38. The van der Waals surface area contributed by atoms with E-state index in [1.807, 2.05) is 43.3 Å². The summed E-state index contributed by atoms with van der Waals surface area (Å²) < 4.78 is 0. The van der Waals surface area contributed by atoms with Crippen LogP contribution in [0, 0.1) is 0 Å². The summed E-state index contributed by atoms with van der Waals surface area (Å²) in [5.74, 6) is 0. The van der Waals surface area contributed by atoms with Gasteiger partial charge >= 0.3 is 0 Å². The fourth-order valence-electron chi connectivity index (χ4n) is 1.71. The van der Waals surface area contributed by atoms with Gasteiger partial charge in [-0.05, 0) is 30.2 Å². The van der Waals surface area contributed by atoms with Crippen LogP contribution in [0.5, 0.6) is 0 Å². The van der Waals surface area contributed by atoms with Crippen LogP contribution >= 0.6 is 11.6 Å². The van der Waals surface area contributed by atoms with Gasteiger partial charge in [-0.15, -0.1) is 0 Å². The van der Waals surface area contributed by atoms with Gasteiger partial charge in [-0.25, -0.2) is 0 Å². The molecule has 2 rings (SSSR count). The van der Waals surface area contributed by atoms with E-state index in [0.717, 1.165) is 11.1 Å². The topological polar surface area (TPSA) is 38.9 Å². The Balaban J connectivity index is 2.51. The minimum absolute atomic E-state index is 0.618. The zero-order chi connectivity index (χ0) is 11.6. The molecule has 0 fully saturated rings. The molecule has 0 saturated heterocycles. The molecule has 0 aliphatic rings. The Morgan fingerprint density at radius 1 is 1.19 bits per heavy atom. The average Bonchev–Trinajstić information content (AvgIpc) is 2.30. The monoisotopic (exact) mass is 232 g/mol. The summed E-state index contributed by atoms with van der Waals surface area (Å²) in [5.41, 5.74) is 7.57. The predicted octanol–water partition coefficient (Wildman–Crippen LogP) is 2.96. The number of pyridine rings is 1. The van der Waals surface area contributed by atoms with Gasteiger partial charge in [0.15, 0.2) is 0 Å². The summed E-state index contributed by atoms with van der Waals surface area (Å²) in [6, 6.07) is 11.4. The zero-order valence-electron chi connectivity index (χ0n) is 9.02. The second-order valence-corrected chi connectivity index (χ2v) is 4.33. The molecule has 1 atom stereocenters. The molecule has 0 bridgehead atoms. The molecule has 1 heterocycles. The van der Waals surface area contributed by atoms with Crippen molar-refractivity contribution in [3.63, 3.8) is 0 Å². The third-order valence-corrected chi connectivity index (χ3v) is 3.02. The molecule has 2 nitrogen and oxygen atoms in total. The van der Waals surface area contributed by atoms with E-state index in [4.69, 9.17) is 17.3 Å². The molecule has 1 aromatic heterocycles. The molecule has 82 valence electrons. The Kier molecular flexibility index (Phi) is 2.95. The Labute approximate surface area is 100 Å². The first-order chi connectivity index (χ1) is 7.62. The van der Waals surface area contributed by atoms with Crippen LogP contribution in [-0.2, 0) is 5.54 Å². The minimum Gasteiger partial charge on any atom is -0.318 e. The van der Waals surface area contributed by atoms with E-state index >= 15 is 0 Å². The van der Waals surface area contributed by atoms with Crippen molar-refractivity contribution in [2.45, 2.75) is 12.5 Å². The van der Waals surface area contributed by atoms with E-state index in [1.54, 1.807) is 12.4 Å². The van der Waals surface area contributed by atoms with Crippen molar-refractivity contribution in [2.24, 2.45) is 5.73 Å². The van der Waals surface area contributed by atoms with E-state index in [-0.39, 0.29) is 0 Å². The fourth-order valence-corrected chi connectivity index (χ4v) is 2.04. The number of rotatable bonds is 2. The SMILES string of the molecule is CC(N)(c1cccnc1)c1ccccc1Cl. The van der Waals surface area contributed by atoms with Gasteiger partial charge in [0, 0.05) is 17.4 Å². The van der Waals surface area contributed by atoms with Gasteiger partial charge in [-0.3, -0.25) is 4.98 Å². The number of hydrogen-bond donors (Lipinski definition) is 1. The number of halogens is 1. The molecule has 0 spiro atoms. The molecule has 1 aromatic carbocycles. The van der Waals surface area contributed by atoms with Crippen molar-refractivity contribution in [1.82, 2.24) is 4.98 Å². The Bertz CT molecular complexity index is 480. The number of nitrogens with two attached hydrogens (primary N) is 1. The lowest BCUT2D eigenvalue weighted by molar-refractivity contribution is 0.600. The van der Waals surface area contributed by atoms with Crippen LogP contribution in [0.25, 0.3) is 0 Å². The summed E-state index contributed by atoms with van der Waals surface area (Å²) in [6.07, 6.45) is 3.50. The van der Waals surface area contributed by atoms with Gasteiger partial charge in [0.2, 0.25) is 0 Å². The van der Waals surface area contributed by atoms with Gasteiger partial charge in [-0.2, -0.15) is 0 Å². The highest BCUT2D eigenvalue weighted by molar-refractivity contribution is 6.31. The van der Waals surface area contributed by atoms with E-state index in [0.29, 0.717) is 5.02 Å². The van der Waals surface area contributed by atoms with E-state index in [2.05, 4.69) is 4.98 Å². The largest absolute Gasteiger partial charge is 0.318 e. The summed E-state index contributed by atoms with van der Waals surface area (Å²) in [4.78, 5) is 4.08. The van der Waals surface area contributed by atoms with Crippen LogP contribution in [0.2, 0.25) is 5.02 Å². The summed E-state index contributed by atoms with van der Waals surface area (Å²) in [5, 5.41) is 0.677. The van der Waals surface area contributed by atoms with Crippen LogP contribution in [0.3, 0.4) is 0 Å². The quantitative estimate of drug-likeness (QED) is 0.865. The maximum Gasteiger partial charge on any atom is 0.0666 e. The van der Waals surface area contributed by atoms with Crippen molar-refractivity contribution in [1.29, 1.82) is 0 Å². The maximum atomic E-state index is 6.34. The third kappa shape index (κ3) is 1.94. The van der Waals surface area contributed by atoms with Gasteiger partial charge in [0.1, 0.15) is 0 Å². The maximum absolute atomic E-state index is 6.34. The molecule has 2 N–H and O–H groups in total. The second-order valence-electron chi connectivity index (χ2n) is 3.92. The second kappa shape index (κ2) is 4.24. The highest BCUT2D eigenvalue weighted by Gasteiger charge is 2.25. The van der Waals surface area contributed by atoms with Crippen molar-refractivity contribution in [3.05, 3.63) is 64.9 Å². The fraction of sp³-hybridized carbons (Fsp3) is 0.154. The number of nitrogens with zero attached hydrogens (tertiary/aromatic N) is 1. The highest BCUT2D eigenvalue weighted by atomic mass is 35.5. The molecule has 16 heavy (non-hydrogen) atoms. The van der Waals surface area contributed by atoms with E-state index in [9.17, 15) is 0 Å². The highest BCUT2D eigenvalue weighted by Crippen LogP contribution is 2.30. The smallest absolute Gasteiger partial charge is 0.0666 e.